The summed E-state index contributed by atoms with van der Waals surface area (Å²) < 4.78 is 7.82. The third-order valence-corrected chi connectivity index (χ3v) is 4.83. The number of nitrogens with two attached hydrogens (primary N) is 1. The molecule has 2 aromatic heterocycles. The van der Waals surface area contributed by atoms with Gasteiger partial charge in [0, 0.05) is 5.56 Å². The maximum Gasteiger partial charge on any atom is 0.167 e. The van der Waals surface area contributed by atoms with Crippen molar-refractivity contribution in [2.75, 3.05) is 12.8 Å². The number of hydrogen-bond donors (Lipinski definition) is 1. The lowest BCUT2D eigenvalue weighted by Crippen LogP contribution is -2.07. The minimum absolute atomic E-state index is 0.324. The van der Waals surface area contributed by atoms with Crippen LogP contribution in [0.1, 0.15) is 22.4 Å². The van der Waals surface area contributed by atoms with Gasteiger partial charge in [-0.3, -0.25) is 4.57 Å². The normalized spacial score (nSPS) is 10.8. The van der Waals surface area contributed by atoms with Crippen molar-refractivity contribution in [3.8, 4) is 17.5 Å². The number of nitrogen functional groups attached to an aromatic ring is 1. The first-order valence-corrected chi connectivity index (χ1v) is 8.08. The van der Waals surface area contributed by atoms with Crippen LogP contribution in [0.5, 0.6) is 5.75 Å². The van der Waals surface area contributed by atoms with Crippen LogP contribution in [0, 0.1) is 32.1 Å². The SMILES string of the molecule is COc1ccc(C)c(-n2c(N)c(C#N)c3nc(C)c(Br)nc32)c1C. The van der Waals surface area contributed by atoms with Crippen LogP contribution in [0.15, 0.2) is 16.7 Å². The predicted octanol–water partition coefficient (Wildman–Crippen LogP) is 3.57. The molecule has 24 heavy (non-hydrogen) atoms. The zero-order chi connectivity index (χ0) is 17.6. The molecule has 0 amide bonds. The van der Waals surface area contributed by atoms with E-state index in [1.165, 1.54) is 0 Å². The summed E-state index contributed by atoms with van der Waals surface area (Å²) in [4.78, 5) is 9.05. The van der Waals surface area contributed by atoms with Gasteiger partial charge < -0.3 is 10.5 Å². The monoisotopic (exact) mass is 385 g/mol. The lowest BCUT2D eigenvalue weighted by molar-refractivity contribution is 0.411. The van der Waals surface area contributed by atoms with Gasteiger partial charge in [0.25, 0.3) is 0 Å². The predicted molar refractivity (Wildman–Crippen MR) is 96.5 cm³/mol. The van der Waals surface area contributed by atoms with E-state index in [0.717, 1.165) is 22.6 Å². The summed E-state index contributed by atoms with van der Waals surface area (Å²) in [5.41, 5.74) is 11.1. The minimum atomic E-state index is 0.324. The van der Waals surface area contributed by atoms with Crippen LogP contribution in [-0.4, -0.2) is 21.6 Å². The van der Waals surface area contributed by atoms with Crippen molar-refractivity contribution in [1.29, 1.82) is 5.26 Å². The Bertz CT molecular complexity index is 1020. The average molecular weight is 386 g/mol. The van der Waals surface area contributed by atoms with E-state index in [0.29, 0.717) is 32.8 Å². The molecule has 0 radical (unpaired) electrons. The van der Waals surface area contributed by atoms with Crippen LogP contribution in [0.2, 0.25) is 0 Å². The molecule has 0 saturated carbocycles. The molecule has 0 spiro atoms. The summed E-state index contributed by atoms with van der Waals surface area (Å²) in [5, 5.41) is 9.53. The molecule has 0 fully saturated rings. The van der Waals surface area contributed by atoms with Gasteiger partial charge in [-0.15, -0.1) is 0 Å². The van der Waals surface area contributed by atoms with Crippen molar-refractivity contribution in [3.05, 3.63) is 39.1 Å². The lowest BCUT2D eigenvalue weighted by atomic mass is 10.1. The van der Waals surface area contributed by atoms with Gasteiger partial charge in [0.05, 0.1) is 18.5 Å². The highest BCUT2D eigenvalue weighted by molar-refractivity contribution is 9.10. The third kappa shape index (κ3) is 2.22. The molecule has 7 heteroatoms. The molecule has 1 aromatic carbocycles. The number of nitrogens with zero attached hydrogens (tertiary/aromatic N) is 4. The van der Waals surface area contributed by atoms with Gasteiger partial charge in [0.1, 0.15) is 33.3 Å². The van der Waals surface area contributed by atoms with E-state index >= 15 is 0 Å². The maximum absolute atomic E-state index is 9.53. The second kappa shape index (κ2) is 5.80. The number of halogens is 1. The molecular formula is C17H16BrN5O. The second-order valence-corrected chi connectivity index (χ2v) is 6.29. The number of hydrogen-bond acceptors (Lipinski definition) is 5. The topological polar surface area (TPSA) is 89.8 Å². The zero-order valence-corrected chi connectivity index (χ0v) is 15.4. The fraction of sp³-hybridized carbons (Fsp3) is 0.235. The number of anilines is 1. The number of rotatable bonds is 2. The van der Waals surface area contributed by atoms with E-state index in [1.54, 1.807) is 11.7 Å². The van der Waals surface area contributed by atoms with Gasteiger partial charge in [-0.2, -0.15) is 5.26 Å². The molecule has 0 saturated heterocycles. The van der Waals surface area contributed by atoms with Crippen molar-refractivity contribution < 1.29 is 4.74 Å². The molecule has 122 valence electrons. The van der Waals surface area contributed by atoms with Crippen LogP contribution < -0.4 is 10.5 Å². The Morgan fingerprint density at radius 3 is 2.58 bits per heavy atom. The Morgan fingerprint density at radius 1 is 1.25 bits per heavy atom. The average Bonchev–Trinajstić information content (AvgIpc) is 2.80. The van der Waals surface area contributed by atoms with Gasteiger partial charge in [-0.1, -0.05) is 6.07 Å². The van der Waals surface area contributed by atoms with Gasteiger partial charge in [-0.05, 0) is 48.3 Å². The van der Waals surface area contributed by atoms with Crippen LogP contribution in [0.4, 0.5) is 5.82 Å². The first-order valence-electron chi connectivity index (χ1n) is 7.29. The molecule has 2 heterocycles. The molecule has 0 aliphatic rings. The fourth-order valence-electron chi connectivity index (χ4n) is 2.88. The first kappa shape index (κ1) is 16.3. The summed E-state index contributed by atoms with van der Waals surface area (Å²) in [5.74, 6) is 1.07. The summed E-state index contributed by atoms with van der Waals surface area (Å²) in [6, 6.07) is 6.01. The largest absolute Gasteiger partial charge is 0.496 e. The molecule has 6 nitrogen and oxygen atoms in total. The summed E-state index contributed by atoms with van der Waals surface area (Å²) >= 11 is 3.41. The summed E-state index contributed by atoms with van der Waals surface area (Å²) in [7, 11) is 1.62. The van der Waals surface area contributed by atoms with Gasteiger partial charge in [-0.25, -0.2) is 9.97 Å². The number of ether oxygens (including phenoxy) is 1. The van der Waals surface area contributed by atoms with Gasteiger partial charge >= 0.3 is 0 Å². The van der Waals surface area contributed by atoms with Gasteiger partial charge in [0.2, 0.25) is 0 Å². The van der Waals surface area contributed by atoms with E-state index < -0.39 is 0 Å². The highest BCUT2D eigenvalue weighted by Gasteiger charge is 2.23. The smallest absolute Gasteiger partial charge is 0.167 e. The Balaban J connectivity index is 2.51. The molecule has 0 aliphatic carbocycles. The Labute approximate surface area is 148 Å². The molecule has 0 atom stereocenters. The van der Waals surface area contributed by atoms with Crippen molar-refractivity contribution in [2.24, 2.45) is 0 Å². The zero-order valence-electron chi connectivity index (χ0n) is 13.8. The number of fused-ring (bicyclic) bond motifs is 1. The van der Waals surface area contributed by atoms with Crippen molar-refractivity contribution in [1.82, 2.24) is 14.5 Å². The fourth-order valence-corrected chi connectivity index (χ4v) is 3.14. The van der Waals surface area contributed by atoms with E-state index in [4.69, 9.17) is 10.5 Å². The highest BCUT2D eigenvalue weighted by atomic mass is 79.9. The van der Waals surface area contributed by atoms with Crippen LogP contribution in [-0.2, 0) is 0 Å². The quantitative estimate of drug-likeness (QED) is 0.727. The van der Waals surface area contributed by atoms with E-state index in [2.05, 4.69) is 32.0 Å². The number of methoxy groups -OCH3 is 1. The Hall–Kier alpha value is -2.59. The van der Waals surface area contributed by atoms with E-state index in [1.807, 2.05) is 32.9 Å². The third-order valence-electron chi connectivity index (χ3n) is 4.08. The second-order valence-electron chi connectivity index (χ2n) is 5.54. The molecular weight excluding hydrogens is 370 g/mol. The Kier molecular flexibility index (Phi) is 3.93. The maximum atomic E-state index is 9.53. The standard InChI is InChI=1S/C17H16BrN5O/c1-8-5-6-12(24-4)9(2)14(8)23-16(20)11(7-19)13-17(23)22-15(18)10(3)21-13/h5-6H,20H2,1-4H3. The minimum Gasteiger partial charge on any atom is -0.496 e. The number of benzene rings is 1. The molecule has 0 bridgehead atoms. The molecule has 3 rings (SSSR count). The van der Waals surface area contributed by atoms with E-state index in [-0.39, 0.29) is 0 Å². The summed E-state index contributed by atoms with van der Waals surface area (Å²) in [6.45, 7) is 5.76. The molecule has 2 N–H and O–H groups in total. The summed E-state index contributed by atoms with van der Waals surface area (Å²) in [6.07, 6.45) is 0. The first-order chi connectivity index (χ1) is 11.4. The number of aromatic nitrogens is 3. The van der Waals surface area contributed by atoms with Gasteiger partial charge in [0.15, 0.2) is 5.65 Å². The van der Waals surface area contributed by atoms with Crippen molar-refractivity contribution in [2.45, 2.75) is 20.8 Å². The van der Waals surface area contributed by atoms with Crippen molar-refractivity contribution in [3.63, 3.8) is 0 Å². The lowest BCUT2D eigenvalue weighted by Gasteiger charge is -2.16. The molecule has 0 unspecified atom stereocenters. The Morgan fingerprint density at radius 2 is 1.96 bits per heavy atom. The van der Waals surface area contributed by atoms with Crippen LogP contribution in [0.25, 0.3) is 16.9 Å². The van der Waals surface area contributed by atoms with Crippen LogP contribution >= 0.6 is 15.9 Å². The number of nitriles is 1. The molecule has 0 aliphatic heterocycles. The molecule has 3 aromatic rings. The van der Waals surface area contributed by atoms with E-state index in [9.17, 15) is 5.26 Å². The van der Waals surface area contributed by atoms with Crippen molar-refractivity contribution >= 4 is 32.9 Å². The van der Waals surface area contributed by atoms with Crippen LogP contribution in [0.3, 0.4) is 0 Å². The number of aryl methyl sites for hydroxylation is 2. The highest BCUT2D eigenvalue weighted by Crippen LogP contribution is 2.35.